The first-order valence-corrected chi connectivity index (χ1v) is 13.0. The number of aromatic nitrogens is 2. The van der Waals surface area contributed by atoms with Gasteiger partial charge in [-0.1, -0.05) is 5.16 Å². The molecule has 5 heterocycles. The number of nitrogens with two attached hydrogens (primary N) is 1. The molecule has 0 aromatic carbocycles. The molecule has 0 bridgehead atoms. The molecule has 3 N–H and O–H groups in total. The van der Waals surface area contributed by atoms with E-state index in [2.05, 4.69) is 15.5 Å². The van der Waals surface area contributed by atoms with Crippen LogP contribution in [0.2, 0.25) is 0 Å². The molecule has 35 heavy (non-hydrogen) atoms. The van der Waals surface area contributed by atoms with Crippen molar-refractivity contribution in [1.29, 1.82) is 0 Å². The topological polar surface area (TPSA) is 154 Å². The van der Waals surface area contributed by atoms with Crippen molar-refractivity contribution in [3.63, 3.8) is 0 Å². The lowest BCUT2D eigenvalue weighted by molar-refractivity contribution is -0.686. The number of nitrogen functional groups attached to an aromatic ring is 1. The predicted octanol–water partition coefficient (Wildman–Crippen LogP) is -0.318. The van der Waals surface area contributed by atoms with Crippen LogP contribution in [0.4, 0.5) is 5.13 Å². The first kappa shape index (κ1) is 23.3. The summed E-state index contributed by atoms with van der Waals surface area (Å²) in [6.07, 6.45) is 3.80. The van der Waals surface area contributed by atoms with Crippen molar-refractivity contribution in [1.82, 2.24) is 15.2 Å². The van der Waals surface area contributed by atoms with Gasteiger partial charge in [-0.3, -0.25) is 9.59 Å². The number of carbonyl (C=O) groups excluding carboxylic acids is 3. The Hall–Kier alpha value is -3.49. The Morgan fingerprint density at radius 2 is 2.23 bits per heavy atom. The van der Waals surface area contributed by atoms with E-state index in [1.807, 2.05) is 34.5 Å². The number of thioether (sulfide) groups is 1. The number of allylic oxidation sites excluding steroid dienone is 1. The van der Waals surface area contributed by atoms with Crippen LogP contribution in [-0.2, 0) is 25.8 Å². The second kappa shape index (κ2) is 9.28. The minimum absolute atomic E-state index is 0.133. The maximum absolute atomic E-state index is 13.0. The summed E-state index contributed by atoms with van der Waals surface area (Å²) >= 11 is 4.08. The van der Waals surface area contributed by atoms with E-state index in [-0.39, 0.29) is 28.8 Å². The molecule has 0 radical (unpaired) electrons. The standard InChI is InChI=1S/C21H18N6O5S3/c1-32-25-15(11-8-35-21(22)23-11)18(28)24-16-12-9-34-14(17(20(30)31)27(12)19(16)29)7-26-4-2-13-10(6-26)3-5-33-13/h2-6,8,12,16H,7,9H2,1H3,(H3-,22,23,24,28,30,31). The Morgan fingerprint density at radius 3 is 2.94 bits per heavy atom. The maximum atomic E-state index is 13.0. The third-order valence-electron chi connectivity index (χ3n) is 5.57. The molecule has 2 amide bonds. The minimum Gasteiger partial charge on any atom is -0.543 e. The summed E-state index contributed by atoms with van der Waals surface area (Å²) in [5.41, 5.74) is 5.56. The van der Waals surface area contributed by atoms with Crippen LogP contribution in [0.15, 0.2) is 51.0 Å². The highest BCUT2D eigenvalue weighted by atomic mass is 32.2. The van der Waals surface area contributed by atoms with Gasteiger partial charge >= 0.3 is 0 Å². The Bertz CT molecular complexity index is 1410. The fraction of sp³-hybridized carbons (Fsp3) is 0.238. The number of anilines is 1. The van der Waals surface area contributed by atoms with Crippen molar-refractivity contribution < 1.29 is 28.9 Å². The number of amides is 2. The van der Waals surface area contributed by atoms with E-state index in [9.17, 15) is 19.5 Å². The highest BCUT2D eigenvalue weighted by Gasteiger charge is 2.53. The molecule has 14 heteroatoms. The van der Waals surface area contributed by atoms with E-state index < -0.39 is 29.9 Å². The van der Waals surface area contributed by atoms with Crippen molar-refractivity contribution >= 4 is 73.1 Å². The average molecular weight is 531 g/mol. The van der Waals surface area contributed by atoms with Gasteiger partial charge in [0.1, 0.15) is 18.8 Å². The van der Waals surface area contributed by atoms with Gasteiger partial charge in [-0.05, 0) is 11.4 Å². The zero-order valence-corrected chi connectivity index (χ0v) is 20.6. The lowest BCUT2D eigenvalue weighted by atomic mass is 9.94. The fourth-order valence-corrected chi connectivity index (χ4v) is 6.57. The number of thiophene rings is 1. The molecular weight excluding hydrogens is 512 g/mol. The highest BCUT2D eigenvalue weighted by molar-refractivity contribution is 8.03. The van der Waals surface area contributed by atoms with Gasteiger partial charge in [0.15, 0.2) is 29.8 Å². The van der Waals surface area contributed by atoms with E-state index in [0.717, 1.165) is 21.4 Å². The number of carboxylic acid groups (broad SMARTS) is 1. The van der Waals surface area contributed by atoms with E-state index in [0.29, 0.717) is 10.7 Å². The van der Waals surface area contributed by atoms with Gasteiger partial charge in [-0.2, -0.15) is 4.57 Å². The van der Waals surface area contributed by atoms with Crippen LogP contribution in [0.3, 0.4) is 0 Å². The van der Waals surface area contributed by atoms with Gasteiger partial charge in [0.25, 0.3) is 11.8 Å². The molecule has 0 aliphatic carbocycles. The van der Waals surface area contributed by atoms with Crippen LogP contribution in [0.5, 0.6) is 0 Å². The summed E-state index contributed by atoms with van der Waals surface area (Å²) < 4.78 is 3.00. The second-order valence-corrected chi connectivity index (χ2v) is 10.6. The quantitative estimate of drug-likeness (QED) is 0.182. The maximum Gasteiger partial charge on any atom is 0.276 e. The Labute approximate surface area is 210 Å². The molecule has 180 valence electrons. The molecular formula is C21H18N6O5S3. The molecule has 2 aliphatic rings. The molecule has 1 saturated heterocycles. The van der Waals surface area contributed by atoms with E-state index in [4.69, 9.17) is 10.6 Å². The molecule has 2 unspecified atom stereocenters. The number of rotatable bonds is 7. The number of carboxylic acids is 1. The molecule has 3 aromatic rings. The summed E-state index contributed by atoms with van der Waals surface area (Å²) in [5.74, 6) is -2.24. The monoisotopic (exact) mass is 530 g/mol. The van der Waals surface area contributed by atoms with Crippen LogP contribution in [0.25, 0.3) is 10.1 Å². The molecule has 2 aliphatic heterocycles. The molecule has 1 fully saturated rings. The molecule has 3 aromatic heterocycles. The molecule has 2 atom stereocenters. The number of β-lactam (4-membered cyclic amide) rings is 1. The number of nitrogens with one attached hydrogen (secondary N) is 1. The number of carbonyl (C=O) groups is 3. The largest absolute Gasteiger partial charge is 0.543 e. The van der Waals surface area contributed by atoms with E-state index in [1.54, 1.807) is 16.7 Å². The molecule has 11 nitrogen and oxygen atoms in total. The first-order chi connectivity index (χ1) is 16.9. The smallest absolute Gasteiger partial charge is 0.276 e. The van der Waals surface area contributed by atoms with Crippen LogP contribution >= 0.6 is 34.4 Å². The lowest BCUT2D eigenvalue weighted by Crippen LogP contribution is -2.73. The van der Waals surface area contributed by atoms with Gasteiger partial charge < -0.3 is 30.7 Å². The summed E-state index contributed by atoms with van der Waals surface area (Å²) in [5, 5.41) is 23.2. The average Bonchev–Trinajstić information content (AvgIpc) is 3.48. The zero-order chi connectivity index (χ0) is 24.7. The minimum atomic E-state index is -1.44. The number of thiazole rings is 1. The molecule has 5 rings (SSSR count). The summed E-state index contributed by atoms with van der Waals surface area (Å²) in [6, 6.07) is 2.49. The number of oxime groups is 1. The van der Waals surface area contributed by atoms with Gasteiger partial charge in [0.2, 0.25) is 0 Å². The summed E-state index contributed by atoms with van der Waals surface area (Å²) in [7, 11) is 1.28. The highest BCUT2D eigenvalue weighted by Crippen LogP contribution is 2.39. The Morgan fingerprint density at radius 1 is 1.40 bits per heavy atom. The van der Waals surface area contributed by atoms with Gasteiger partial charge in [0.05, 0.1) is 28.0 Å². The lowest BCUT2D eigenvalue weighted by Gasteiger charge is -2.50. The second-order valence-electron chi connectivity index (χ2n) is 7.65. The van der Waals surface area contributed by atoms with Gasteiger partial charge in [-0.25, -0.2) is 4.98 Å². The van der Waals surface area contributed by atoms with Crippen molar-refractivity contribution in [2.24, 2.45) is 5.16 Å². The number of fused-ring (bicyclic) bond motifs is 2. The number of hydrogen-bond acceptors (Lipinski definition) is 11. The molecule has 0 spiro atoms. The number of aliphatic carboxylic acids is 1. The van der Waals surface area contributed by atoms with E-state index in [1.165, 1.54) is 23.8 Å². The number of pyridine rings is 1. The van der Waals surface area contributed by atoms with Gasteiger partial charge in [-0.15, -0.1) is 34.4 Å². The third kappa shape index (κ3) is 4.24. The number of hydrogen-bond donors (Lipinski definition) is 2. The fourth-order valence-electron chi connectivity index (χ4n) is 3.99. The summed E-state index contributed by atoms with van der Waals surface area (Å²) in [4.78, 5) is 48.4. The van der Waals surface area contributed by atoms with Crippen LogP contribution < -0.4 is 20.7 Å². The predicted molar refractivity (Wildman–Crippen MR) is 129 cm³/mol. The van der Waals surface area contributed by atoms with Crippen molar-refractivity contribution in [2.75, 3.05) is 18.6 Å². The van der Waals surface area contributed by atoms with Crippen molar-refractivity contribution in [3.8, 4) is 0 Å². The number of nitrogens with zero attached hydrogens (tertiary/aromatic N) is 4. The van der Waals surface area contributed by atoms with Crippen LogP contribution in [0, 0.1) is 0 Å². The normalized spacial score (nSPS) is 20.0. The van der Waals surface area contributed by atoms with E-state index >= 15 is 0 Å². The van der Waals surface area contributed by atoms with Crippen LogP contribution in [0.1, 0.15) is 5.69 Å². The SMILES string of the molecule is CON=C(C(=O)NC1C(=O)N2C(C(=O)[O-])=C(C[n+]3ccc4sccc4c3)SCC12)c1csc(N)n1. The van der Waals surface area contributed by atoms with Gasteiger partial charge in [0, 0.05) is 21.9 Å². The summed E-state index contributed by atoms with van der Waals surface area (Å²) in [6.45, 7) is 0.281. The Kier molecular flexibility index (Phi) is 6.17. The molecule has 0 saturated carbocycles. The Balaban J connectivity index is 1.36. The zero-order valence-electron chi connectivity index (χ0n) is 18.2. The third-order valence-corrected chi connectivity index (χ3v) is 8.32. The van der Waals surface area contributed by atoms with Crippen LogP contribution in [-0.4, -0.2) is 58.3 Å². The first-order valence-electron chi connectivity index (χ1n) is 10.3. The van der Waals surface area contributed by atoms with Crippen molar-refractivity contribution in [2.45, 2.75) is 18.6 Å². The van der Waals surface area contributed by atoms with Crippen molar-refractivity contribution in [3.05, 3.63) is 51.6 Å².